The van der Waals surface area contributed by atoms with Crippen molar-refractivity contribution >= 4 is 11.6 Å². The van der Waals surface area contributed by atoms with E-state index in [1.165, 1.54) is 0 Å². The van der Waals surface area contributed by atoms with E-state index in [2.05, 4.69) is 5.10 Å². The molecule has 1 fully saturated rings. The molecule has 0 radical (unpaired) electrons. The number of aryl methyl sites for hydroxylation is 2. The van der Waals surface area contributed by atoms with Crippen LogP contribution in [0, 0.1) is 0 Å². The highest BCUT2D eigenvalue weighted by Crippen LogP contribution is 2.34. The lowest BCUT2D eigenvalue weighted by Gasteiger charge is -2.36. The first-order chi connectivity index (χ1) is 8.99. The van der Waals surface area contributed by atoms with Gasteiger partial charge in [0.25, 0.3) is 0 Å². The van der Waals surface area contributed by atoms with Gasteiger partial charge in [0.1, 0.15) is 0 Å². The zero-order valence-corrected chi connectivity index (χ0v) is 12.7. The molecule has 1 saturated carbocycles. The second-order valence-corrected chi connectivity index (χ2v) is 5.92. The Morgan fingerprint density at radius 2 is 2.32 bits per heavy atom. The molecular formula is C14H23ClN2O2. The number of hydrogen-bond donors (Lipinski definition) is 1. The van der Waals surface area contributed by atoms with Gasteiger partial charge in [-0.25, -0.2) is 0 Å². The van der Waals surface area contributed by atoms with Crippen molar-refractivity contribution < 1.29 is 9.84 Å². The highest BCUT2D eigenvalue weighted by molar-refractivity contribution is 6.31. The van der Waals surface area contributed by atoms with Gasteiger partial charge in [-0.05, 0) is 25.7 Å². The second-order valence-electron chi connectivity index (χ2n) is 5.54. The standard InChI is InChI=1S/C14H23ClN2O2/c1-4-11-13(15)12(17(2)16-11)9-14(18)7-5-6-10(8-14)19-3/h10,18H,4-9H2,1-3H3. The largest absolute Gasteiger partial charge is 0.389 e. The fourth-order valence-corrected chi connectivity index (χ4v) is 3.33. The van der Waals surface area contributed by atoms with Crippen LogP contribution in [0.5, 0.6) is 0 Å². The maximum atomic E-state index is 10.8. The second kappa shape index (κ2) is 5.81. The lowest BCUT2D eigenvalue weighted by molar-refractivity contribution is -0.0590. The molecule has 2 unspecified atom stereocenters. The Balaban J connectivity index is 2.18. The van der Waals surface area contributed by atoms with Crippen LogP contribution in [-0.4, -0.2) is 33.7 Å². The predicted molar refractivity (Wildman–Crippen MR) is 75.5 cm³/mol. The number of aromatic nitrogens is 2. The van der Waals surface area contributed by atoms with Gasteiger partial charge in [0.05, 0.1) is 28.1 Å². The molecule has 108 valence electrons. The van der Waals surface area contributed by atoms with Gasteiger partial charge in [0.2, 0.25) is 0 Å². The fraction of sp³-hybridized carbons (Fsp3) is 0.786. The minimum Gasteiger partial charge on any atom is -0.389 e. The molecule has 4 nitrogen and oxygen atoms in total. The van der Waals surface area contributed by atoms with Gasteiger partial charge < -0.3 is 9.84 Å². The maximum Gasteiger partial charge on any atom is 0.0850 e. The molecule has 0 amide bonds. The summed E-state index contributed by atoms with van der Waals surface area (Å²) in [5, 5.41) is 15.9. The van der Waals surface area contributed by atoms with Crippen LogP contribution in [0.3, 0.4) is 0 Å². The molecule has 5 heteroatoms. The van der Waals surface area contributed by atoms with Crippen molar-refractivity contribution in [3.05, 3.63) is 16.4 Å². The van der Waals surface area contributed by atoms with Crippen molar-refractivity contribution in [3.8, 4) is 0 Å². The van der Waals surface area contributed by atoms with Gasteiger partial charge in [-0.1, -0.05) is 18.5 Å². The monoisotopic (exact) mass is 286 g/mol. The van der Waals surface area contributed by atoms with Crippen LogP contribution < -0.4 is 0 Å². The molecule has 2 atom stereocenters. The van der Waals surface area contributed by atoms with Crippen LogP contribution in [0.4, 0.5) is 0 Å². The van der Waals surface area contributed by atoms with Gasteiger partial charge in [-0.15, -0.1) is 0 Å². The average Bonchev–Trinajstić information content (AvgIpc) is 2.66. The van der Waals surface area contributed by atoms with E-state index >= 15 is 0 Å². The summed E-state index contributed by atoms with van der Waals surface area (Å²) in [6.07, 6.45) is 5.00. The molecule has 0 aromatic carbocycles. The number of aliphatic hydroxyl groups is 1. The minimum absolute atomic E-state index is 0.149. The SMILES string of the molecule is CCc1nn(C)c(CC2(O)CCCC(OC)C2)c1Cl. The van der Waals surface area contributed by atoms with Gasteiger partial charge in [0.15, 0.2) is 0 Å². The number of rotatable bonds is 4. The molecule has 1 aromatic heterocycles. The quantitative estimate of drug-likeness (QED) is 0.925. The van der Waals surface area contributed by atoms with Crippen LogP contribution in [0.2, 0.25) is 5.02 Å². The highest BCUT2D eigenvalue weighted by Gasteiger charge is 2.36. The number of methoxy groups -OCH3 is 1. The van der Waals surface area contributed by atoms with E-state index in [1.807, 2.05) is 14.0 Å². The Labute approximate surface area is 119 Å². The topological polar surface area (TPSA) is 47.3 Å². The number of halogens is 1. The summed E-state index contributed by atoms with van der Waals surface area (Å²) in [7, 11) is 3.60. The fourth-order valence-electron chi connectivity index (χ4n) is 2.97. The van der Waals surface area contributed by atoms with Crippen molar-refractivity contribution in [3.63, 3.8) is 0 Å². The molecule has 0 saturated heterocycles. The Kier molecular flexibility index (Phi) is 4.54. The van der Waals surface area contributed by atoms with Crippen LogP contribution in [0.15, 0.2) is 0 Å². The summed E-state index contributed by atoms with van der Waals surface area (Å²) in [6, 6.07) is 0. The zero-order valence-electron chi connectivity index (χ0n) is 11.9. The third-order valence-corrected chi connectivity index (χ3v) is 4.54. The summed E-state index contributed by atoms with van der Waals surface area (Å²) in [6.45, 7) is 2.04. The Morgan fingerprint density at radius 3 is 2.89 bits per heavy atom. The molecule has 2 rings (SSSR count). The molecule has 1 aliphatic rings. The molecule has 1 heterocycles. The molecule has 1 aliphatic carbocycles. The van der Waals surface area contributed by atoms with Crippen LogP contribution in [-0.2, 0) is 24.6 Å². The molecule has 0 bridgehead atoms. The van der Waals surface area contributed by atoms with E-state index in [9.17, 15) is 5.11 Å². The summed E-state index contributed by atoms with van der Waals surface area (Å²) in [5.41, 5.74) is 1.11. The third kappa shape index (κ3) is 3.12. The highest BCUT2D eigenvalue weighted by atomic mass is 35.5. The molecule has 1 N–H and O–H groups in total. The molecule has 0 aliphatic heterocycles. The van der Waals surface area contributed by atoms with E-state index in [0.29, 0.717) is 17.9 Å². The van der Waals surface area contributed by atoms with Crippen molar-refractivity contribution in [2.75, 3.05) is 7.11 Å². The number of ether oxygens (including phenoxy) is 1. The van der Waals surface area contributed by atoms with Crippen molar-refractivity contribution in [1.82, 2.24) is 9.78 Å². The summed E-state index contributed by atoms with van der Waals surface area (Å²) >= 11 is 6.36. The van der Waals surface area contributed by atoms with Crippen molar-refractivity contribution in [2.24, 2.45) is 7.05 Å². The smallest absolute Gasteiger partial charge is 0.0850 e. The average molecular weight is 287 g/mol. The van der Waals surface area contributed by atoms with E-state index in [4.69, 9.17) is 16.3 Å². The van der Waals surface area contributed by atoms with Gasteiger partial charge in [0, 0.05) is 27.0 Å². The van der Waals surface area contributed by atoms with Crippen molar-refractivity contribution in [2.45, 2.75) is 57.2 Å². The molecule has 19 heavy (non-hydrogen) atoms. The van der Waals surface area contributed by atoms with Crippen LogP contribution in [0.25, 0.3) is 0 Å². The first-order valence-corrected chi connectivity index (χ1v) is 7.32. The lowest BCUT2D eigenvalue weighted by atomic mass is 9.80. The van der Waals surface area contributed by atoms with Gasteiger partial charge in [-0.3, -0.25) is 4.68 Å². The predicted octanol–water partition coefficient (Wildman–Crippen LogP) is 2.50. The first kappa shape index (κ1) is 14.8. The Bertz CT molecular complexity index is 447. The van der Waals surface area contributed by atoms with E-state index < -0.39 is 5.60 Å². The molecular weight excluding hydrogens is 264 g/mol. The molecule has 1 aromatic rings. The van der Waals surface area contributed by atoms with Crippen molar-refractivity contribution in [1.29, 1.82) is 0 Å². The lowest BCUT2D eigenvalue weighted by Crippen LogP contribution is -2.40. The summed E-state index contributed by atoms with van der Waals surface area (Å²) in [4.78, 5) is 0. The van der Waals surface area contributed by atoms with E-state index in [0.717, 1.165) is 37.1 Å². The Hall–Kier alpha value is -0.580. The van der Waals surface area contributed by atoms with E-state index in [-0.39, 0.29) is 6.10 Å². The van der Waals surface area contributed by atoms with Crippen LogP contribution >= 0.6 is 11.6 Å². The number of nitrogens with zero attached hydrogens (tertiary/aromatic N) is 2. The zero-order chi connectivity index (χ0) is 14.0. The van der Waals surface area contributed by atoms with E-state index in [1.54, 1.807) is 11.8 Å². The summed E-state index contributed by atoms with van der Waals surface area (Å²) in [5.74, 6) is 0. The first-order valence-electron chi connectivity index (χ1n) is 6.94. The third-order valence-electron chi connectivity index (χ3n) is 4.11. The molecule has 0 spiro atoms. The normalized spacial score (nSPS) is 27.7. The summed E-state index contributed by atoms with van der Waals surface area (Å²) < 4.78 is 7.20. The van der Waals surface area contributed by atoms with Crippen LogP contribution in [0.1, 0.15) is 44.0 Å². The van der Waals surface area contributed by atoms with Gasteiger partial charge >= 0.3 is 0 Å². The Morgan fingerprint density at radius 1 is 1.58 bits per heavy atom. The van der Waals surface area contributed by atoms with Gasteiger partial charge in [-0.2, -0.15) is 5.10 Å². The minimum atomic E-state index is -0.721. The number of hydrogen-bond acceptors (Lipinski definition) is 3. The maximum absolute atomic E-state index is 10.8.